The summed E-state index contributed by atoms with van der Waals surface area (Å²) < 4.78 is 7.88. The summed E-state index contributed by atoms with van der Waals surface area (Å²) in [6.45, 7) is 3.52. The Kier molecular flexibility index (Phi) is 5.90. The van der Waals surface area contributed by atoms with Crippen LogP contribution in [-0.2, 0) is 6.54 Å². The molecule has 24 heavy (non-hydrogen) atoms. The Morgan fingerprint density at radius 3 is 2.42 bits per heavy atom. The van der Waals surface area contributed by atoms with Crippen molar-refractivity contribution in [1.29, 1.82) is 0 Å². The third kappa shape index (κ3) is 4.61. The Labute approximate surface area is 146 Å². The molecule has 0 unspecified atom stereocenters. The number of aromatic nitrogens is 3. The van der Waals surface area contributed by atoms with Crippen LogP contribution in [0.2, 0.25) is 0 Å². The average molecular weight is 339 g/mol. The van der Waals surface area contributed by atoms with Crippen LogP contribution in [0.4, 0.5) is 0 Å². The number of aryl methyl sites for hydroxylation is 1. The third-order valence-electron chi connectivity index (χ3n) is 3.62. The number of rotatable bonds is 8. The van der Waals surface area contributed by atoms with Gasteiger partial charge in [-0.2, -0.15) is 0 Å². The maximum absolute atomic E-state index is 5.72. The monoisotopic (exact) mass is 339 g/mol. The Morgan fingerprint density at radius 1 is 0.958 bits per heavy atom. The van der Waals surface area contributed by atoms with Crippen molar-refractivity contribution in [2.75, 3.05) is 12.4 Å². The quantitative estimate of drug-likeness (QED) is 0.455. The van der Waals surface area contributed by atoms with E-state index in [1.165, 1.54) is 5.56 Å². The summed E-state index contributed by atoms with van der Waals surface area (Å²) in [5.41, 5.74) is 1.26. The molecule has 2 aromatic carbocycles. The molecule has 0 radical (unpaired) electrons. The van der Waals surface area contributed by atoms with Crippen molar-refractivity contribution in [2.45, 2.75) is 25.0 Å². The van der Waals surface area contributed by atoms with Gasteiger partial charge in [-0.1, -0.05) is 60.3 Å². The Balaban J connectivity index is 1.49. The third-order valence-corrected chi connectivity index (χ3v) is 4.67. The fourth-order valence-corrected chi connectivity index (χ4v) is 3.24. The van der Waals surface area contributed by atoms with Gasteiger partial charge in [-0.3, -0.25) is 0 Å². The summed E-state index contributed by atoms with van der Waals surface area (Å²) in [5, 5.41) is 9.49. The minimum absolute atomic E-state index is 0.711. The lowest BCUT2D eigenvalue weighted by molar-refractivity contribution is 0.318. The number of benzene rings is 2. The second-order valence-corrected chi connectivity index (χ2v) is 6.53. The zero-order valence-electron chi connectivity index (χ0n) is 13.8. The molecule has 0 aliphatic heterocycles. The molecule has 0 amide bonds. The summed E-state index contributed by atoms with van der Waals surface area (Å²) in [6, 6.07) is 20.3. The van der Waals surface area contributed by atoms with Gasteiger partial charge in [0.2, 0.25) is 0 Å². The van der Waals surface area contributed by atoms with Gasteiger partial charge >= 0.3 is 0 Å². The lowest BCUT2D eigenvalue weighted by Gasteiger charge is -2.09. The molecule has 0 N–H and O–H groups in total. The van der Waals surface area contributed by atoms with Gasteiger partial charge in [0.05, 0.1) is 13.2 Å². The van der Waals surface area contributed by atoms with Crippen LogP contribution in [0.5, 0.6) is 5.75 Å². The van der Waals surface area contributed by atoms with E-state index >= 15 is 0 Å². The minimum Gasteiger partial charge on any atom is -0.494 e. The van der Waals surface area contributed by atoms with Crippen LogP contribution in [0, 0.1) is 6.92 Å². The van der Waals surface area contributed by atoms with E-state index in [-0.39, 0.29) is 0 Å². The van der Waals surface area contributed by atoms with Crippen molar-refractivity contribution >= 4 is 11.8 Å². The van der Waals surface area contributed by atoms with Crippen LogP contribution in [0.1, 0.15) is 17.8 Å². The molecule has 0 aliphatic carbocycles. The Hall–Kier alpha value is -2.27. The molecular formula is C19H21N3OS. The van der Waals surface area contributed by atoms with E-state index < -0.39 is 0 Å². The molecule has 4 nitrogen and oxygen atoms in total. The normalized spacial score (nSPS) is 10.7. The maximum atomic E-state index is 5.72. The molecule has 3 rings (SSSR count). The molecule has 0 fully saturated rings. The molecule has 5 heteroatoms. The van der Waals surface area contributed by atoms with Gasteiger partial charge in [-0.05, 0) is 31.0 Å². The van der Waals surface area contributed by atoms with E-state index in [0.717, 1.165) is 35.4 Å². The molecule has 0 saturated carbocycles. The number of ether oxygens (including phenoxy) is 1. The molecule has 0 aliphatic rings. The van der Waals surface area contributed by atoms with Crippen molar-refractivity contribution in [3.8, 4) is 5.75 Å². The first-order valence-electron chi connectivity index (χ1n) is 8.07. The summed E-state index contributed by atoms with van der Waals surface area (Å²) in [7, 11) is 0. The van der Waals surface area contributed by atoms with E-state index in [0.29, 0.717) is 6.61 Å². The first-order valence-corrected chi connectivity index (χ1v) is 9.06. The van der Waals surface area contributed by atoms with Gasteiger partial charge in [-0.25, -0.2) is 0 Å². The van der Waals surface area contributed by atoms with Crippen LogP contribution in [0.3, 0.4) is 0 Å². The SMILES string of the molecule is Cc1nnc(SCCCOc2ccccc2)n1Cc1ccccc1. The molecule has 1 heterocycles. The highest BCUT2D eigenvalue weighted by Crippen LogP contribution is 2.19. The minimum atomic E-state index is 0.711. The highest BCUT2D eigenvalue weighted by Gasteiger charge is 2.09. The van der Waals surface area contributed by atoms with E-state index in [2.05, 4.69) is 39.0 Å². The van der Waals surface area contributed by atoms with Crippen molar-refractivity contribution in [3.05, 3.63) is 72.1 Å². The molecule has 124 valence electrons. The maximum Gasteiger partial charge on any atom is 0.191 e. The van der Waals surface area contributed by atoms with Gasteiger partial charge in [-0.15, -0.1) is 10.2 Å². The van der Waals surface area contributed by atoms with Gasteiger partial charge < -0.3 is 9.30 Å². The van der Waals surface area contributed by atoms with Gasteiger partial charge in [0, 0.05) is 5.75 Å². The van der Waals surface area contributed by atoms with E-state index in [9.17, 15) is 0 Å². The first kappa shape index (κ1) is 16.6. The number of nitrogens with zero attached hydrogens (tertiary/aromatic N) is 3. The molecule has 0 bridgehead atoms. The topological polar surface area (TPSA) is 39.9 Å². The Bertz CT molecular complexity index is 744. The molecule has 1 aromatic heterocycles. The molecule has 3 aromatic rings. The molecule has 0 saturated heterocycles. The van der Waals surface area contributed by atoms with Gasteiger partial charge in [0.25, 0.3) is 0 Å². The van der Waals surface area contributed by atoms with Crippen LogP contribution in [-0.4, -0.2) is 27.1 Å². The summed E-state index contributed by atoms with van der Waals surface area (Å²) >= 11 is 1.73. The summed E-state index contributed by atoms with van der Waals surface area (Å²) in [4.78, 5) is 0. The van der Waals surface area contributed by atoms with Crippen LogP contribution in [0.15, 0.2) is 65.8 Å². The van der Waals surface area contributed by atoms with E-state index in [1.54, 1.807) is 11.8 Å². The highest BCUT2D eigenvalue weighted by atomic mass is 32.2. The molecule has 0 spiro atoms. The first-order chi connectivity index (χ1) is 11.8. The summed E-state index contributed by atoms with van der Waals surface area (Å²) in [5.74, 6) is 2.83. The lowest BCUT2D eigenvalue weighted by atomic mass is 10.2. The smallest absolute Gasteiger partial charge is 0.191 e. The van der Waals surface area contributed by atoms with Crippen LogP contribution in [0.25, 0.3) is 0 Å². The highest BCUT2D eigenvalue weighted by molar-refractivity contribution is 7.99. The fourth-order valence-electron chi connectivity index (χ4n) is 2.35. The van der Waals surface area contributed by atoms with Crippen molar-refractivity contribution in [3.63, 3.8) is 0 Å². The zero-order valence-corrected chi connectivity index (χ0v) is 14.6. The van der Waals surface area contributed by atoms with E-state index in [4.69, 9.17) is 4.74 Å². The zero-order chi connectivity index (χ0) is 16.6. The predicted molar refractivity (Wildman–Crippen MR) is 97.6 cm³/mol. The number of hydrogen-bond acceptors (Lipinski definition) is 4. The number of para-hydroxylation sites is 1. The average Bonchev–Trinajstić information content (AvgIpc) is 2.97. The number of thioether (sulfide) groups is 1. The van der Waals surface area contributed by atoms with Crippen molar-refractivity contribution in [2.24, 2.45) is 0 Å². The molecule has 0 atom stereocenters. The van der Waals surface area contributed by atoms with Gasteiger partial charge in [0.15, 0.2) is 5.16 Å². The number of hydrogen-bond donors (Lipinski definition) is 0. The van der Waals surface area contributed by atoms with Crippen LogP contribution >= 0.6 is 11.8 Å². The van der Waals surface area contributed by atoms with Gasteiger partial charge in [0.1, 0.15) is 11.6 Å². The van der Waals surface area contributed by atoms with E-state index in [1.807, 2.05) is 43.3 Å². The fraction of sp³-hybridized carbons (Fsp3) is 0.263. The summed E-state index contributed by atoms with van der Waals surface area (Å²) in [6.07, 6.45) is 0.969. The lowest BCUT2D eigenvalue weighted by Crippen LogP contribution is -2.04. The second-order valence-electron chi connectivity index (χ2n) is 5.47. The second kappa shape index (κ2) is 8.55. The van der Waals surface area contributed by atoms with Crippen molar-refractivity contribution in [1.82, 2.24) is 14.8 Å². The Morgan fingerprint density at radius 2 is 1.67 bits per heavy atom. The molecular weight excluding hydrogens is 318 g/mol. The van der Waals surface area contributed by atoms with Crippen LogP contribution < -0.4 is 4.74 Å². The predicted octanol–water partition coefficient (Wildman–Crippen LogP) is 4.20. The standard InChI is InChI=1S/C19H21N3OS/c1-16-20-21-19(22(16)15-17-9-4-2-5-10-17)24-14-8-13-23-18-11-6-3-7-12-18/h2-7,9-12H,8,13-15H2,1H3. The van der Waals surface area contributed by atoms with Crippen molar-refractivity contribution < 1.29 is 4.74 Å². The largest absolute Gasteiger partial charge is 0.494 e.